The molecule has 4 nitrogen and oxygen atoms in total. The Morgan fingerprint density at radius 2 is 1.56 bits per heavy atom. The predicted octanol–water partition coefficient (Wildman–Crippen LogP) is 5.34. The summed E-state index contributed by atoms with van der Waals surface area (Å²) in [4.78, 5) is 25.7. The molecule has 27 heavy (non-hydrogen) atoms. The number of hydrogen-bond donors (Lipinski definition) is 0. The molecule has 0 atom stereocenters. The molecule has 0 bridgehead atoms. The molecule has 0 unspecified atom stereocenters. The first-order valence-electron chi connectivity index (χ1n) is 8.95. The molecule has 4 heteroatoms. The molecule has 140 valence electrons. The van der Waals surface area contributed by atoms with Gasteiger partial charge in [0.15, 0.2) is 5.76 Å². The summed E-state index contributed by atoms with van der Waals surface area (Å²) < 4.78 is 11.6. The highest BCUT2D eigenvalue weighted by molar-refractivity contribution is 5.86. The largest absolute Gasteiger partial charge is 0.452 e. The molecule has 3 rings (SSSR count). The number of esters is 1. The van der Waals surface area contributed by atoms with E-state index in [9.17, 15) is 9.59 Å². The highest BCUT2D eigenvalue weighted by Crippen LogP contribution is 2.33. The van der Waals surface area contributed by atoms with Gasteiger partial charge in [-0.3, -0.25) is 9.59 Å². The molecule has 0 aliphatic rings. The molecular formula is C23H24O4. The van der Waals surface area contributed by atoms with Gasteiger partial charge in [0.1, 0.15) is 5.58 Å². The number of fused-ring (bicyclic) bond motifs is 1. The SMILES string of the molecule is Cc1ccc(-c2oc3cc(C)c(C)cc3c(=O)c2OC(=O)C(C)(C)C)cc1. The lowest BCUT2D eigenvalue weighted by atomic mass is 9.97. The summed E-state index contributed by atoms with van der Waals surface area (Å²) in [7, 11) is 0. The fraction of sp³-hybridized carbons (Fsp3) is 0.304. The maximum absolute atomic E-state index is 13.2. The van der Waals surface area contributed by atoms with E-state index in [1.807, 2.05) is 51.1 Å². The topological polar surface area (TPSA) is 56.5 Å². The molecule has 0 spiro atoms. The van der Waals surface area contributed by atoms with Crippen LogP contribution in [0.1, 0.15) is 37.5 Å². The van der Waals surface area contributed by atoms with Crippen LogP contribution >= 0.6 is 0 Å². The summed E-state index contributed by atoms with van der Waals surface area (Å²) in [6, 6.07) is 11.2. The summed E-state index contributed by atoms with van der Waals surface area (Å²) >= 11 is 0. The number of rotatable bonds is 2. The Morgan fingerprint density at radius 3 is 2.15 bits per heavy atom. The number of carbonyl (C=O) groups excluding carboxylic acids is 1. The van der Waals surface area contributed by atoms with E-state index >= 15 is 0 Å². The molecule has 1 heterocycles. The zero-order valence-corrected chi connectivity index (χ0v) is 16.6. The lowest BCUT2D eigenvalue weighted by molar-refractivity contribution is -0.143. The molecule has 3 aromatic rings. The average molecular weight is 364 g/mol. The van der Waals surface area contributed by atoms with Gasteiger partial charge in [-0.2, -0.15) is 0 Å². The monoisotopic (exact) mass is 364 g/mol. The Labute approximate surface area is 158 Å². The zero-order valence-electron chi connectivity index (χ0n) is 16.6. The van der Waals surface area contributed by atoms with Gasteiger partial charge < -0.3 is 9.15 Å². The van der Waals surface area contributed by atoms with Crippen molar-refractivity contribution >= 4 is 16.9 Å². The fourth-order valence-electron chi connectivity index (χ4n) is 2.67. The number of hydrogen-bond acceptors (Lipinski definition) is 4. The molecule has 1 aromatic heterocycles. The first-order chi connectivity index (χ1) is 12.6. The van der Waals surface area contributed by atoms with Crippen LogP contribution in [0, 0.1) is 26.2 Å². The van der Waals surface area contributed by atoms with Crippen LogP contribution < -0.4 is 10.2 Å². The van der Waals surface area contributed by atoms with Crippen LogP contribution in [-0.2, 0) is 4.79 Å². The second kappa shape index (κ2) is 6.69. The van der Waals surface area contributed by atoms with Crippen molar-refractivity contribution < 1.29 is 13.9 Å². The van der Waals surface area contributed by atoms with Crippen LogP contribution in [0.5, 0.6) is 5.75 Å². The van der Waals surface area contributed by atoms with Crippen LogP contribution in [0.3, 0.4) is 0 Å². The number of benzene rings is 2. The first kappa shape index (κ1) is 18.9. The van der Waals surface area contributed by atoms with E-state index in [1.165, 1.54) is 0 Å². The predicted molar refractivity (Wildman–Crippen MR) is 107 cm³/mol. The lowest BCUT2D eigenvalue weighted by Crippen LogP contribution is -2.28. The summed E-state index contributed by atoms with van der Waals surface area (Å²) in [5.41, 5.74) is 3.18. The molecule has 0 aliphatic heterocycles. The van der Waals surface area contributed by atoms with Crippen molar-refractivity contribution in [3.8, 4) is 17.1 Å². The van der Waals surface area contributed by atoms with E-state index in [-0.39, 0.29) is 16.9 Å². The highest BCUT2D eigenvalue weighted by Gasteiger charge is 2.28. The van der Waals surface area contributed by atoms with Crippen LogP contribution in [0.15, 0.2) is 45.6 Å². The molecule has 0 aliphatic carbocycles. The van der Waals surface area contributed by atoms with Gasteiger partial charge in [-0.05, 0) is 64.8 Å². The second-order valence-corrected chi connectivity index (χ2v) is 8.03. The summed E-state index contributed by atoms with van der Waals surface area (Å²) in [6.07, 6.45) is 0. The van der Waals surface area contributed by atoms with Gasteiger partial charge in [0.2, 0.25) is 11.2 Å². The Kier molecular flexibility index (Phi) is 4.68. The van der Waals surface area contributed by atoms with Crippen LogP contribution in [-0.4, -0.2) is 5.97 Å². The van der Waals surface area contributed by atoms with Gasteiger partial charge in [0.25, 0.3) is 0 Å². The average Bonchev–Trinajstić information content (AvgIpc) is 2.59. The molecule has 0 radical (unpaired) electrons. The van der Waals surface area contributed by atoms with Crippen molar-refractivity contribution in [1.82, 2.24) is 0 Å². The van der Waals surface area contributed by atoms with E-state index in [1.54, 1.807) is 26.8 Å². The van der Waals surface area contributed by atoms with Gasteiger partial charge in [-0.25, -0.2) is 0 Å². The number of aryl methyl sites for hydroxylation is 3. The minimum absolute atomic E-state index is 0.0606. The van der Waals surface area contributed by atoms with Crippen LogP contribution in [0.2, 0.25) is 0 Å². The molecule has 0 saturated carbocycles. The number of carbonyl (C=O) groups is 1. The van der Waals surface area contributed by atoms with Crippen molar-refractivity contribution in [3.63, 3.8) is 0 Å². The van der Waals surface area contributed by atoms with E-state index in [0.717, 1.165) is 16.7 Å². The normalized spacial score (nSPS) is 11.6. The summed E-state index contributed by atoms with van der Waals surface area (Å²) in [5.74, 6) is -0.269. The van der Waals surface area contributed by atoms with E-state index in [2.05, 4.69) is 0 Å². The van der Waals surface area contributed by atoms with E-state index in [4.69, 9.17) is 9.15 Å². The minimum Gasteiger partial charge on any atom is -0.452 e. The van der Waals surface area contributed by atoms with Crippen LogP contribution in [0.25, 0.3) is 22.3 Å². The maximum atomic E-state index is 13.2. The molecule has 0 fully saturated rings. The van der Waals surface area contributed by atoms with Gasteiger partial charge >= 0.3 is 5.97 Å². The van der Waals surface area contributed by atoms with Gasteiger partial charge in [0, 0.05) is 5.56 Å². The molecule has 0 N–H and O–H groups in total. The fourth-order valence-corrected chi connectivity index (χ4v) is 2.67. The third kappa shape index (κ3) is 3.65. The third-order valence-corrected chi connectivity index (χ3v) is 4.59. The van der Waals surface area contributed by atoms with Crippen molar-refractivity contribution in [2.24, 2.45) is 5.41 Å². The van der Waals surface area contributed by atoms with Gasteiger partial charge in [-0.1, -0.05) is 29.8 Å². The molecule has 2 aromatic carbocycles. The Bertz CT molecular complexity index is 1080. The third-order valence-electron chi connectivity index (χ3n) is 4.59. The summed E-state index contributed by atoms with van der Waals surface area (Å²) in [6.45, 7) is 11.1. The molecular weight excluding hydrogens is 340 g/mol. The van der Waals surface area contributed by atoms with Crippen molar-refractivity contribution in [3.05, 3.63) is 63.3 Å². The quantitative estimate of drug-likeness (QED) is 0.576. The van der Waals surface area contributed by atoms with E-state index < -0.39 is 11.4 Å². The van der Waals surface area contributed by atoms with Gasteiger partial charge in [0.05, 0.1) is 10.8 Å². The Morgan fingerprint density at radius 1 is 0.963 bits per heavy atom. The first-order valence-corrected chi connectivity index (χ1v) is 8.95. The van der Waals surface area contributed by atoms with E-state index in [0.29, 0.717) is 16.5 Å². The maximum Gasteiger partial charge on any atom is 0.316 e. The second-order valence-electron chi connectivity index (χ2n) is 8.03. The van der Waals surface area contributed by atoms with Crippen LogP contribution in [0.4, 0.5) is 0 Å². The lowest BCUT2D eigenvalue weighted by Gasteiger charge is -2.18. The number of ether oxygens (including phenoxy) is 1. The zero-order chi connectivity index (χ0) is 19.9. The van der Waals surface area contributed by atoms with Gasteiger partial charge in [-0.15, -0.1) is 0 Å². The Hall–Kier alpha value is -2.88. The van der Waals surface area contributed by atoms with Crippen molar-refractivity contribution in [2.75, 3.05) is 0 Å². The molecule has 0 saturated heterocycles. The standard InChI is InChI=1S/C23H24O4/c1-13-7-9-16(10-8-13)20-21(27-22(25)23(4,5)6)19(24)17-11-14(2)15(3)12-18(17)26-20/h7-12H,1-6H3. The summed E-state index contributed by atoms with van der Waals surface area (Å²) in [5, 5.41) is 0.408. The minimum atomic E-state index is -0.741. The highest BCUT2D eigenvalue weighted by atomic mass is 16.5. The Balaban J connectivity index is 2.31. The van der Waals surface area contributed by atoms with Crippen molar-refractivity contribution in [1.29, 1.82) is 0 Å². The smallest absolute Gasteiger partial charge is 0.316 e. The van der Waals surface area contributed by atoms with Crippen molar-refractivity contribution in [2.45, 2.75) is 41.5 Å². The molecule has 0 amide bonds.